The van der Waals surface area contributed by atoms with E-state index in [1.54, 1.807) is 12.1 Å². The molecular weight excluding hydrogens is 351 g/mol. The van der Waals surface area contributed by atoms with E-state index in [1.165, 1.54) is 9.83 Å². The Morgan fingerprint density at radius 2 is 1.74 bits per heavy atom. The minimum atomic E-state index is -0.312. The van der Waals surface area contributed by atoms with Crippen molar-refractivity contribution < 1.29 is 30.7 Å². The summed E-state index contributed by atoms with van der Waals surface area (Å²) >= 11 is -0.238. The first kappa shape index (κ1) is 13.8. The van der Waals surface area contributed by atoms with Gasteiger partial charge in [-0.3, -0.25) is 0 Å². The van der Waals surface area contributed by atoms with E-state index >= 15 is 0 Å². The van der Waals surface area contributed by atoms with Gasteiger partial charge in [-0.15, -0.1) is 0 Å². The van der Waals surface area contributed by atoms with E-state index < -0.39 is 0 Å². The third kappa shape index (κ3) is 4.52. The first-order valence-corrected chi connectivity index (χ1v) is 8.19. The highest BCUT2D eigenvalue weighted by atomic mass is 127. The standard InChI is InChI=1S/C16H14IO2/c1-13-7-9-14(10-8-13)16(18)19-12-11-17-15-5-3-2-4-6-15/h2-12H,1H3/q+1/b12-11-. The topological polar surface area (TPSA) is 26.3 Å². The molecule has 0 aliphatic rings. The Hall–Kier alpha value is -1.62. The van der Waals surface area contributed by atoms with Gasteiger partial charge in [-0.05, 0) is 31.2 Å². The number of carbonyl (C=O) groups excluding carboxylic acids is 1. The van der Waals surface area contributed by atoms with Crippen LogP contribution in [0.15, 0.2) is 64.9 Å². The van der Waals surface area contributed by atoms with Crippen LogP contribution in [0.25, 0.3) is 0 Å². The quantitative estimate of drug-likeness (QED) is 0.450. The van der Waals surface area contributed by atoms with Crippen LogP contribution in [-0.4, -0.2) is 5.97 Å². The first-order chi connectivity index (χ1) is 9.25. The minimum absolute atomic E-state index is 0.238. The van der Waals surface area contributed by atoms with Crippen molar-refractivity contribution in [3.63, 3.8) is 0 Å². The molecule has 0 heterocycles. The number of hydrogen-bond acceptors (Lipinski definition) is 2. The zero-order chi connectivity index (χ0) is 13.5. The molecule has 2 rings (SSSR count). The van der Waals surface area contributed by atoms with Crippen molar-refractivity contribution in [2.75, 3.05) is 0 Å². The molecule has 2 aromatic rings. The Balaban J connectivity index is 1.85. The molecule has 0 fully saturated rings. The average molecular weight is 365 g/mol. The summed E-state index contributed by atoms with van der Waals surface area (Å²) in [6.07, 6.45) is 1.50. The Morgan fingerprint density at radius 3 is 2.42 bits per heavy atom. The van der Waals surface area contributed by atoms with Crippen molar-refractivity contribution in [1.82, 2.24) is 0 Å². The summed E-state index contributed by atoms with van der Waals surface area (Å²) in [6.45, 7) is 1.99. The van der Waals surface area contributed by atoms with Crippen LogP contribution in [-0.2, 0) is 4.74 Å². The number of rotatable bonds is 4. The summed E-state index contributed by atoms with van der Waals surface area (Å²) in [5.74, 6) is -0.312. The molecule has 3 heteroatoms. The van der Waals surface area contributed by atoms with Gasteiger partial charge in [-0.2, -0.15) is 0 Å². The summed E-state index contributed by atoms with van der Waals surface area (Å²) in [5.41, 5.74) is 1.70. The number of halogens is 1. The van der Waals surface area contributed by atoms with Gasteiger partial charge in [0.15, 0.2) is 7.65 Å². The Kier molecular flexibility index (Phi) is 5.15. The highest BCUT2D eigenvalue weighted by Crippen LogP contribution is 2.04. The lowest BCUT2D eigenvalue weighted by Gasteiger charge is -1.98. The molecule has 0 aliphatic heterocycles. The van der Waals surface area contributed by atoms with Gasteiger partial charge in [0.2, 0.25) is 0 Å². The van der Waals surface area contributed by atoms with E-state index in [2.05, 4.69) is 12.1 Å². The van der Waals surface area contributed by atoms with E-state index in [4.69, 9.17) is 4.74 Å². The van der Waals surface area contributed by atoms with Gasteiger partial charge in [-0.25, -0.2) is 4.79 Å². The summed E-state index contributed by atoms with van der Waals surface area (Å²) in [7, 11) is 0. The van der Waals surface area contributed by atoms with Gasteiger partial charge in [-0.1, -0.05) is 35.9 Å². The molecule has 0 amide bonds. The molecular formula is C16H14IO2+. The lowest BCUT2D eigenvalue weighted by Crippen LogP contribution is -3.59. The second-order valence-electron chi connectivity index (χ2n) is 3.94. The van der Waals surface area contributed by atoms with Gasteiger partial charge in [0, 0.05) is 0 Å². The van der Waals surface area contributed by atoms with Crippen molar-refractivity contribution in [2.45, 2.75) is 6.92 Å². The van der Waals surface area contributed by atoms with Crippen molar-refractivity contribution in [2.24, 2.45) is 0 Å². The number of carbonyl (C=O) groups is 1. The molecule has 0 atom stereocenters. The highest BCUT2D eigenvalue weighted by Gasteiger charge is 2.08. The summed E-state index contributed by atoms with van der Waals surface area (Å²) < 4.78 is 8.34. The molecule has 2 nitrogen and oxygen atoms in total. The van der Waals surface area contributed by atoms with Gasteiger partial charge in [0.25, 0.3) is 0 Å². The second kappa shape index (κ2) is 7.09. The van der Waals surface area contributed by atoms with Gasteiger partial charge in [0.1, 0.15) is 6.26 Å². The molecule has 0 bridgehead atoms. The van der Waals surface area contributed by atoms with E-state index in [1.807, 2.05) is 41.3 Å². The van der Waals surface area contributed by atoms with Crippen LogP contribution in [0.2, 0.25) is 0 Å². The van der Waals surface area contributed by atoms with E-state index in [-0.39, 0.29) is 27.2 Å². The lowest BCUT2D eigenvalue weighted by atomic mass is 10.2. The molecule has 2 aromatic carbocycles. The molecule has 19 heavy (non-hydrogen) atoms. The predicted molar refractivity (Wildman–Crippen MR) is 70.9 cm³/mol. The molecule has 0 unspecified atom stereocenters. The van der Waals surface area contributed by atoms with Gasteiger partial charge >= 0.3 is 27.2 Å². The fourth-order valence-corrected chi connectivity index (χ4v) is 2.97. The largest absolute Gasteiger partial charge is 0.427 e. The Labute approximate surface area is 123 Å². The van der Waals surface area contributed by atoms with Gasteiger partial charge in [0.05, 0.1) is 5.56 Å². The predicted octanol–water partition coefficient (Wildman–Crippen LogP) is 0.582. The number of benzene rings is 2. The van der Waals surface area contributed by atoms with Crippen molar-refractivity contribution >= 4 is 5.97 Å². The fourth-order valence-electron chi connectivity index (χ4n) is 1.43. The number of aryl methyl sites for hydroxylation is 1. The third-order valence-corrected chi connectivity index (χ3v) is 4.53. The average Bonchev–Trinajstić information content (AvgIpc) is 2.45. The molecule has 0 saturated heterocycles. The highest BCUT2D eigenvalue weighted by molar-refractivity contribution is 5.89. The summed E-state index contributed by atoms with van der Waals surface area (Å²) in [6, 6.07) is 17.5. The Bertz CT molecular complexity index is 559. The van der Waals surface area contributed by atoms with Crippen molar-refractivity contribution in [3.05, 3.63) is 79.6 Å². The molecule has 96 valence electrons. The smallest absolute Gasteiger partial charge is 0.352 e. The Morgan fingerprint density at radius 1 is 1.05 bits per heavy atom. The molecule has 0 radical (unpaired) electrons. The van der Waals surface area contributed by atoms with E-state index in [0.717, 1.165) is 5.56 Å². The third-order valence-electron chi connectivity index (χ3n) is 2.44. The molecule has 0 N–H and O–H groups in total. The number of hydrogen-bond donors (Lipinski definition) is 0. The van der Waals surface area contributed by atoms with Crippen LogP contribution in [0.4, 0.5) is 0 Å². The first-order valence-electron chi connectivity index (χ1n) is 5.87. The monoisotopic (exact) mass is 365 g/mol. The minimum Gasteiger partial charge on any atom is -0.427 e. The van der Waals surface area contributed by atoms with E-state index in [9.17, 15) is 4.79 Å². The van der Waals surface area contributed by atoms with Crippen LogP contribution in [0.5, 0.6) is 0 Å². The maximum absolute atomic E-state index is 11.7. The van der Waals surface area contributed by atoms with Crippen molar-refractivity contribution in [3.8, 4) is 0 Å². The zero-order valence-corrected chi connectivity index (χ0v) is 12.7. The van der Waals surface area contributed by atoms with Crippen LogP contribution in [0.3, 0.4) is 0 Å². The second-order valence-corrected chi connectivity index (χ2v) is 6.53. The maximum atomic E-state index is 11.7. The zero-order valence-electron chi connectivity index (χ0n) is 10.5. The van der Waals surface area contributed by atoms with Crippen molar-refractivity contribution in [1.29, 1.82) is 0 Å². The van der Waals surface area contributed by atoms with Gasteiger partial charge < -0.3 is 4.74 Å². The molecule has 0 saturated carbocycles. The maximum Gasteiger partial charge on any atom is 0.352 e. The SMILES string of the molecule is Cc1ccc(C(=O)O/C=C\[I+]c2ccccc2)cc1. The number of ether oxygens (including phenoxy) is 1. The van der Waals surface area contributed by atoms with Crippen LogP contribution in [0.1, 0.15) is 15.9 Å². The van der Waals surface area contributed by atoms with Crippen LogP contribution in [0, 0.1) is 10.5 Å². The molecule has 0 spiro atoms. The van der Waals surface area contributed by atoms with Crippen LogP contribution >= 0.6 is 0 Å². The normalized spacial score (nSPS) is 10.6. The lowest BCUT2D eigenvalue weighted by molar-refractivity contribution is -0.557. The fraction of sp³-hybridized carbons (Fsp3) is 0.0625. The molecule has 0 aliphatic carbocycles. The summed E-state index contributed by atoms with van der Waals surface area (Å²) in [5, 5.41) is 0. The molecule has 0 aromatic heterocycles. The van der Waals surface area contributed by atoms with E-state index in [0.29, 0.717) is 5.56 Å². The summed E-state index contributed by atoms with van der Waals surface area (Å²) in [4.78, 5) is 11.7. The van der Waals surface area contributed by atoms with Crippen LogP contribution < -0.4 is 21.2 Å². The number of esters is 1.